The molecular formula is C22H25N5O. The van der Waals surface area contributed by atoms with Crippen LogP contribution in [-0.2, 0) is 13.0 Å². The summed E-state index contributed by atoms with van der Waals surface area (Å²) in [6, 6.07) is 14.2. The maximum atomic E-state index is 12.4. The maximum absolute atomic E-state index is 12.4. The van der Waals surface area contributed by atoms with Gasteiger partial charge >= 0.3 is 6.03 Å². The number of benzene rings is 1. The molecular weight excluding hydrogens is 350 g/mol. The number of amides is 2. The van der Waals surface area contributed by atoms with Crippen molar-refractivity contribution in [3.05, 3.63) is 83.7 Å². The highest BCUT2D eigenvalue weighted by atomic mass is 16.2. The van der Waals surface area contributed by atoms with E-state index < -0.39 is 0 Å². The van der Waals surface area contributed by atoms with Crippen LogP contribution in [0.3, 0.4) is 0 Å². The summed E-state index contributed by atoms with van der Waals surface area (Å²) >= 11 is 0. The molecule has 0 aliphatic carbocycles. The topological polar surface area (TPSA) is 63.1 Å². The molecule has 1 aliphatic rings. The molecule has 144 valence electrons. The van der Waals surface area contributed by atoms with Gasteiger partial charge in [-0.2, -0.15) is 0 Å². The molecule has 1 aliphatic heterocycles. The number of pyridine rings is 1. The zero-order chi connectivity index (χ0) is 19.3. The van der Waals surface area contributed by atoms with Crippen LogP contribution < -0.4 is 5.32 Å². The summed E-state index contributed by atoms with van der Waals surface area (Å²) in [6.45, 7) is 4.90. The number of aryl methyl sites for hydroxylation is 1. The number of urea groups is 1. The number of hydrogen-bond acceptors (Lipinski definition) is 3. The molecule has 2 aromatic heterocycles. The van der Waals surface area contributed by atoms with Crippen molar-refractivity contribution in [1.29, 1.82) is 0 Å². The number of carbonyl (C=O) groups is 1. The summed E-state index contributed by atoms with van der Waals surface area (Å²) in [5.74, 6) is 1.33. The molecule has 0 bridgehead atoms. The van der Waals surface area contributed by atoms with Gasteiger partial charge in [0.15, 0.2) is 0 Å². The lowest BCUT2D eigenvalue weighted by Crippen LogP contribution is -2.53. The lowest BCUT2D eigenvalue weighted by molar-refractivity contribution is 0.147. The highest BCUT2D eigenvalue weighted by Gasteiger charge is 2.34. The third kappa shape index (κ3) is 4.06. The molecule has 0 atom stereocenters. The highest BCUT2D eigenvalue weighted by Crippen LogP contribution is 2.27. The molecule has 0 radical (unpaired) electrons. The summed E-state index contributed by atoms with van der Waals surface area (Å²) in [7, 11) is 0. The van der Waals surface area contributed by atoms with Crippen LogP contribution in [0.4, 0.5) is 4.79 Å². The van der Waals surface area contributed by atoms with E-state index in [1.54, 1.807) is 6.20 Å². The van der Waals surface area contributed by atoms with E-state index in [1.165, 1.54) is 5.56 Å². The van der Waals surface area contributed by atoms with Crippen molar-refractivity contribution in [1.82, 2.24) is 24.8 Å². The molecule has 3 heterocycles. The van der Waals surface area contributed by atoms with E-state index in [1.807, 2.05) is 41.6 Å². The normalized spacial score (nSPS) is 14.0. The Labute approximate surface area is 165 Å². The maximum Gasteiger partial charge on any atom is 0.317 e. The van der Waals surface area contributed by atoms with Gasteiger partial charge in [0.25, 0.3) is 0 Å². The molecule has 0 saturated carbocycles. The van der Waals surface area contributed by atoms with Gasteiger partial charge in [0.2, 0.25) is 0 Å². The van der Waals surface area contributed by atoms with Gasteiger partial charge in [0.05, 0.1) is 12.5 Å². The third-order valence-electron chi connectivity index (χ3n) is 5.22. The lowest BCUT2D eigenvalue weighted by Gasteiger charge is -2.39. The van der Waals surface area contributed by atoms with Gasteiger partial charge in [0, 0.05) is 43.9 Å². The monoisotopic (exact) mass is 375 g/mol. The van der Waals surface area contributed by atoms with Gasteiger partial charge in [-0.15, -0.1) is 0 Å². The molecule has 1 N–H and O–H groups in total. The number of rotatable bonds is 6. The second-order valence-corrected chi connectivity index (χ2v) is 7.27. The second kappa shape index (κ2) is 8.25. The summed E-state index contributed by atoms with van der Waals surface area (Å²) in [4.78, 5) is 23.0. The van der Waals surface area contributed by atoms with Crippen molar-refractivity contribution >= 4 is 6.03 Å². The predicted molar refractivity (Wildman–Crippen MR) is 108 cm³/mol. The molecule has 0 spiro atoms. The van der Waals surface area contributed by atoms with Crippen molar-refractivity contribution < 1.29 is 4.79 Å². The van der Waals surface area contributed by atoms with Crippen LogP contribution in [0.5, 0.6) is 0 Å². The first-order valence-electron chi connectivity index (χ1n) is 9.68. The number of nitrogens with one attached hydrogen (secondary N) is 1. The molecule has 2 amide bonds. The van der Waals surface area contributed by atoms with E-state index in [0.29, 0.717) is 19.6 Å². The van der Waals surface area contributed by atoms with Gasteiger partial charge in [0.1, 0.15) is 5.82 Å². The zero-order valence-electron chi connectivity index (χ0n) is 16.1. The largest absolute Gasteiger partial charge is 0.338 e. The van der Waals surface area contributed by atoms with Crippen LogP contribution in [0.2, 0.25) is 0 Å². The third-order valence-corrected chi connectivity index (χ3v) is 5.22. The van der Waals surface area contributed by atoms with E-state index >= 15 is 0 Å². The van der Waals surface area contributed by atoms with Crippen LogP contribution in [0.15, 0.2) is 61.1 Å². The summed E-state index contributed by atoms with van der Waals surface area (Å²) in [6.07, 6.45) is 6.43. The number of imidazole rings is 1. The van der Waals surface area contributed by atoms with E-state index in [4.69, 9.17) is 0 Å². The Balaban J connectivity index is 1.30. The Morgan fingerprint density at radius 3 is 2.64 bits per heavy atom. The summed E-state index contributed by atoms with van der Waals surface area (Å²) in [5.41, 5.74) is 3.52. The fourth-order valence-electron chi connectivity index (χ4n) is 3.56. The van der Waals surface area contributed by atoms with Crippen molar-refractivity contribution in [3.8, 4) is 0 Å². The fourth-order valence-corrected chi connectivity index (χ4v) is 3.56. The van der Waals surface area contributed by atoms with E-state index in [0.717, 1.165) is 30.0 Å². The molecule has 1 fully saturated rings. The first kappa shape index (κ1) is 18.2. The average Bonchev–Trinajstić information content (AvgIpc) is 3.03. The molecule has 3 aromatic rings. The van der Waals surface area contributed by atoms with Crippen LogP contribution in [0.25, 0.3) is 0 Å². The molecule has 0 unspecified atom stereocenters. The highest BCUT2D eigenvalue weighted by molar-refractivity contribution is 5.75. The second-order valence-electron chi connectivity index (χ2n) is 7.27. The van der Waals surface area contributed by atoms with Crippen LogP contribution in [0, 0.1) is 6.92 Å². The summed E-state index contributed by atoms with van der Waals surface area (Å²) < 4.78 is 2.23. The van der Waals surface area contributed by atoms with Crippen molar-refractivity contribution in [3.63, 3.8) is 0 Å². The van der Waals surface area contributed by atoms with E-state index in [2.05, 4.69) is 45.0 Å². The van der Waals surface area contributed by atoms with Crippen molar-refractivity contribution in [2.75, 3.05) is 19.6 Å². The Bertz CT molecular complexity index is 917. The zero-order valence-corrected chi connectivity index (χ0v) is 16.1. The number of nitrogens with zero attached hydrogens (tertiary/aromatic N) is 4. The molecule has 6 heteroatoms. The minimum atomic E-state index is 0.00858. The summed E-state index contributed by atoms with van der Waals surface area (Å²) in [5, 5.41) is 3.02. The Kier molecular flexibility index (Phi) is 5.37. The van der Waals surface area contributed by atoms with Gasteiger partial charge in [-0.25, -0.2) is 9.78 Å². The SMILES string of the molecule is Cc1cnc(C2CN(C(=O)NCCc3ccccc3)C2)n1Cc1cccnc1. The Morgan fingerprint density at radius 1 is 1.11 bits per heavy atom. The minimum Gasteiger partial charge on any atom is -0.338 e. The number of hydrogen-bond donors (Lipinski definition) is 1. The van der Waals surface area contributed by atoms with Crippen LogP contribution in [0.1, 0.15) is 28.6 Å². The first-order valence-corrected chi connectivity index (χ1v) is 9.68. The van der Waals surface area contributed by atoms with E-state index in [9.17, 15) is 4.79 Å². The Hall–Kier alpha value is -3.15. The first-order chi connectivity index (χ1) is 13.7. The lowest BCUT2D eigenvalue weighted by atomic mass is 9.99. The molecule has 6 nitrogen and oxygen atoms in total. The van der Waals surface area contributed by atoms with Crippen LogP contribution >= 0.6 is 0 Å². The molecule has 1 aromatic carbocycles. The van der Waals surface area contributed by atoms with Crippen molar-refractivity contribution in [2.45, 2.75) is 25.8 Å². The molecule has 1 saturated heterocycles. The van der Waals surface area contributed by atoms with Crippen molar-refractivity contribution in [2.24, 2.45) is 0 Å². The van der Waals surface area contributed by atoms with Gasteiger partial charge in [-0.05, 0) is 30.5 Å². The van der Waals surface area contributed by atoms with E-state index in [-0.39, 0.29) is 11.9 Å². The number of aromatic nitrogens is 3. The standard InChI is InChI=1S/C22H25N5O/c1-17-12-25-21(27(17)14-19-8-5-10-23-13-19)20-15-26(16-20)22(28)24-11-9-18-6-3-2-4-7-18/h2-8,10,12-13,20H,9,11,14-16H2,1H3,(H,24,28). The average molecular weight is 375 g/mol. The fraction of sp³-hybridized carbons (Fsp3) is 0.318. The smallest absolute Gasteiger partial charge is 0.317 e. The number of carbonyl (C=O) groups excluding carboxylic acids is 1. The Morgan fingerprint density at radius 2 is 1.89 bits per heavy atom. The van der Waals surface area contributed by atoms with Gasteiger partial charge in [-0.1, -0.05) is 36.4 Å². The molecule has 28 heavy (non-hydrogen) atoms. The van der Waals surface area contributed by atoms with Gasteiger partial charge < -0.3 is 14.8 Å². The molecule has 4 rings (SSSR count). The minimum absolute atomic E-state index is 0.00858. The quantitative estimate of drug-likeness (QED) is 0.720. The van der Waals surface area contributed by atoms with Gasteiger partial charge in [-0.3, -0.25) is 4.98 Å². The number of likely N-dealkylation sites (tertiary alicyclic amines) is 1. The van der Waals surface area contributed by atoms with Crippen LogP contribution in [-0.4, -0.2) is 45.1 Å². The predicted octanol–water partition coefficient (Wildman–Crippen LogP) is 2.99.